The van der Waals surface area contributed by atoms with Crippen LogP contribution in [0, 0.1) is 11.3 Å². The maximum absolute atomic E-state index is 12.6. The molecule has 192 valence electrons. The number of hydrogen-bond acceptors (Lipinski definition) is 7. The first-order valence-corrected chi connectivity index (χ1v) is 12.5. The molecule has 0 saturated carbocycles. The van der Waals surface area contributed by atoms with Crippen molar-refractivity contribution in [1.82, 2.24) is 29.8 Å². The number of rotatable bonds is 6. The van der Waals surface area contributed by atoms with Gasteiger partial charge in [-0.1, -0.05) is 42.5 Å². The van der Waals surface area contributed by atoms with E-state index in [9.17, 15) is 10.1 Å². The van der Waals surface area contributed by atoms with Gasteiger partial charge in [-0.15, -0.1) is 0 Å². The number of aromatic nitrogens is 5. The smallest absolute Gasteiger partial charge is 0.254 e. The Morgan fingerprint density at radius 1 is 0.875 bits per heavy atom. The highest BCUT2D eigenvalue weighted by atomic mass is 16.1. The molecule has 0 unspecified atom stereocenters. The van der Waals surface area contributed by atoms with Crippen LogP contribution >= 0.6 is 0 Å². The SMILES string of the molecule is N#Cc1ncccc1C(=O)NCc1ccc(-n2c(-c3cccnc3N)nc3ccc(-c4ccccc4)nc32)cc1. The molecule has 3 N–H and O–H groups in total. The van der Waals surface area contributed by atoms with Crippen molar-refractivity contribution >= 4 is 22.9 Å². The van der Waals surface area contributed by atoms with Gasteiger partial charge in [0, 0.05) is 30.2 Å². The summed E-state index contributed by atoms with van der Waals surface area (Å²) in [5.74, 6) is 0.634. The number of anilines is 1. The van der Waals surface area contributed by atoms with E-state index in [1.807, 2.05) is 89.5 Å². The summed E-state index contributed by atoms with van der Waals surface area (Å²) < 4.78 is 1.96. The number of nitrogens with one attached hydrogen (secondary N) is 1. The number of carbonyl (C=O) groups is 1. The minimum absolute atomic E-state index is 0.0897. The second-order valence-electron chi connectivity index (χ2n) is 8.97. The summed E-state index contributed by atoms with van der Waals surface area (Å²) in [7, 11) is 0. The van der Waals surface area contributed by atoms with Gasteiger partial charge in [-0.2, -0.15) is 5.26 Å². The van der Waals surface area contributed by atoms with Crippen LogP contribution in [0.1, 0.15) is 21.6 Å². The Balaban J connectivity index is 1.37. The number of nitrogen functional groups attached to an aromatic ring is 1. The molecule has 0 aliphatic heterocycles. The maximum atomic E-state index is 12.6. The van der Waals surface area contributed by atoms with Crippen LogP contribution in [0.4, 0.5) is 5.82 Å². The van der Waals surface area contributed by atoms with E-state index in [1.54, 1.807) is 18.3 Å². The van der Waals surface area contributed by atoms with Crippen LogP contribution in [0.5, 0.6) is 0 Å². The second-order valence-corrected chi connectivity index (χ2v) is 8.97. The third kappa shape index (κ3) is 4.61. The van der Waals surface area contributed by atoms with Crippen LogP contribution < -0.4 is 11.1 Å². The van der Waals surface area contributed by atoms with Crippen LogP contribution in [0.25, 0.3) is 39.5 Å². The largest absolute Gasteiger partial charge is 0.383 e. The number of benzene rings is 2. The predicted octanol–water partition coefficient (Wildman–Crippen LogP) is 4.93. The van der Waals surface area contributed by atoms with Crippen LogP contribution in [0.3, 0.4) is 0 Å². The fourth-order valence-corrected chi connectivity index (χ4v) is 4.48. The molecule has 0 fully saturated rings. The van der Waals surface area contributed by atoms with Crippen LogP contribution in [0.2, 0.25) is 0 Å². The van der Waals surface area contributed by atoms with Gasteiger partial charge in [-0.05, 0) is 54.1 Å². The highest BCUT2D eigenvalue weighted by Crippen LogP contribution is 2.31. The van der Waals surface area contributed by atoms with Crippen molar-refractivity contribution in [3.63, 3.8) is 0 Å². The molecule has 0 radical (unpaired) electrons. The molecule has 9 nitrogen and oxygen atoms in total. The molecule has 0 saturated heterocycles. The normalized spacial score (nSPS) is 10.8. The van der Waals surface area contributed by atoms with E-state index in [-0.39, 0.29) is 23.7 Å². The van der Waals surface area contributed by atoms with Gasteiger partial charge < -0.3 is 11.1 Å². The third-order valence-electron chi connectivity index (χ3n) is 6.46. The number of carbonyl (C=O) groups excluding carboxylic acids is 1. The maximum Gasteiger partial charge on any atom is 0.254 e. The molecule has 4 heterocycles. The van der Waals surface area contributed by atoms with Gasteiger partial charge in [0.25, 0.3) is 5.91 Å². The molecule has 6 rings (SSSR count). The average Bonchev–Trinajstić information content (AvgIpc) is 3.39. The molecule has 0 aliphatic carbocycles. The van der Waals surface area contributed by atoms with E-state index in [0.717, 1.165) is 28.0 Å². The topological polar surface area (TPSA) is 135 Å². The standard InChI is InChI=1S/C31H22N8O/c32-18-27-23(8-4-16-34-27)31(40)36-19-20-10-12-22(13-11-20)39-29(24-9-5-17-35-28(24)33)38-26-15-14-25(37-30(26)39)21-6-2-1-3-7-21/h1-17H,19H2,(H2,33,35)(H,36,40). The molecule has 0 bridgehead atoms. The molecular formula is C31H22N8O. The van der Waals surface area contributed by atoms with Crippen molar-refractivity contribution in [3.05, 3.63) is 120 Å². The van der Waals surface area contributed by atoms with Gasteiger partial charge in [-0.25, -0.2) is 19.9 Å². The third-order valence-corrected chi connectivity index (χ3v) is 6.46. The minimum Gasteiger partial charge on any atom is -0.383 e. The molecule has 2 aromatic carbocycles. The van der Waals surface area contributed by atoms with Gasteiger partial charge in [-0.3, -0.25) is 9.36 Å². The monoisotopic (exact) mass is 522 g/mol. The summed E-state index contributed by atoms with van der Waals surface area (Å²) in [5.41, 5.74) is 12.2. The molecule has 0 aliphatic rings. The summed E-state index contributed by atoms with van der Waals surface area (Å²) in [6, 6.07) is 30.5. The summed E-state index contributed by atoms with van der Waals surface area (Å²) in [6.07, 6.45) is 3.13. The van der Waals surface area contributed by atoms with Crippen LogP contribution in [-0.2, 0) is 6.54 Å². The van der Waals surface area contributed by atoms with Crippen molar-refractivity contribution in [2.75, 3.05) is 5.73 Å². The number of amides is 1. The van der Waals surface area contributed by atoms with E-state index in [1.165, 1.54) is 6.20 Å². The van der Waals surface area contributed by atoms with Crippen LogP contribution in [0.15, 0.2) is 103 Å². The Kier molecular flexibility index (Phi) is 6.40. The van der Waals surface area contributed by atoms with Crippen LogP contribution in [-0.4, -0.2) is 30.4 Å². The van der Waals surface area contributed by atoms with Crippen molar-refractivity contribution in [2.45, 2.75) is 6.54 Å². The quantitative estimate of drug-likeness (QED) is 0.317. The zero-order valence-electron chi connectivity index (χ0n) is 21.2. The Labute approximate surface area is 229 Å². The molecule has 0 atom stereocenters. The number of nitriles is 1. The molecular weight excluding hydrogens is 500 g/mol. The Morgan fingerprint density at radius 3 is 2.42 bits per heavy atom. The number of pyridine rings is 3. The zero-order valence-corrected chi connectivity index (χ0v) is 21.2. The summed E-state index contributed by atoms with van der Waals surface area (Å²) in [4.78, 5) is 30.7. The number of hydrogen-bond donors (Lipinski definition) is 2. The number of nitrogens with two attached hydrogens (primary N) is 1. The summed E-state index contributed by atoms with van der Waals surface area (Å²) >= 11 is 0. The van der Waals surface area contributed by atoms with E-state index in [2.05, 4.69) is 15.3 Å². The van der Waals surface area contributed by atoms with Gasteiger partial charge in [0.05, 0.1) is 16.8 Å². The fourth-order valence-electron chi connectivity index (χ4n) is 4.48. The Hall–Kier alpha value is -5.88. The highest BCUT2D eigenvalue weighted by Gasteiger charge is 2.19. The molecule has 6 aromatic rings. The highest BCUT2D eigenvalue weighted by molar-refractivity contribution is 5.96. The summed E-state index contributed by atoms with van der Waals surface area (Å²) in [6.45, 7) is 0.280. The Bertz CT molecular complexity index is 1890. The molecule has 0 spiro atoms. The fraction of sp³-hybridized carbons (Fsp3) is 0.0323. The first kappa shape index (κ1) is 24.5. The van der Waals surface area contributed by atoms with E-state index < -0.39 is 0 Å². The van der Waals surface area contributed by atoms with Gasteiger partial charge >= 0.3 is 0 Å². The Morgan fingerprint density at radius 2 is 1.65 bits per heavy atom. The van der Waals surface area contributed by atoms with Gasteiger partial charge in [0.1, 0.15) is 17.4 Å². The first-order valence-electron chi connectivity index (χ1n) is 12.5. The first-order chi connectivity index (χ1) is 19.6. The number of nitrogens with zero attached hydrogens (tertiary/aromatic N) is 6. The predicted molar refractivity (Wildman–Crippen MR) is 152 cm³/mol. The molecule has 40 heavy (non-hydrogen) atoms. The van der Waals surface area contributed by atoms with E-state index in [4.69, 9.17) is 15.7 Å². The van der Waals surface area contributed by atoms with Gasteiger partial charge in [0.2, 0.25) is 0 Å². The lowest BCUT2D eigenvalue weighted by Gasteiger charge is -2.12. The van der Waals surface area contributed by atoms with E-state index >= 15 is 0 Å². The van der Waals surface area contributed by atoms with Gasteiger partial charge in [0.15, 0.2) is 17.2 Å². The average molecular weight is 523 g/mol. The van der Waals surface area contributed by atoms with Crippen molar-refractivity contribution in [2.24, 2.45) is 0 Å². The molecule has 9 heteroatoms. The zero-order chi connectivity index (χ0) is 27.5. The molecule has 1 amide bonds. The second kappa shape index (κ2) is 10.5. The van der Waals surface area contributed by atoms with Crippen molar-refractivity contribution < 1.29 is 4.79 Å². The van der Waals surface area contributed by atoms with Crippen molar-refractivity contribution in [1.29, 1.82) is 5.26 Å². The van der Waals surface area contributed by atoms with Crippen molar-refractivity contribution in [3.8, 4) is 34.4 Å². The lowest BCUT2D eigenvalue weighted by molar-refractivity contribution is 0.0950. The number of fused-ring (bicyclic) bond motifs is 1. The number of imidazole rings is 1. The molecule has 4 aromatic heterocycles. The summed E-state index contributed by atoms with van der Waals surface area (Å²) in [5, 5.41) is 12.1. The lowest BCUT2D eigenvalue weighted by atomic mass is 10.1. The van der Waals surface area contributed by atoms with E-state index in [0.29, 0.717) is 22.9 Å². The minimum atomic E-state index is -0.360. The lowest BCUT2D eigenvalue weighted by Crippen LogP contribution is -2.24.